The van der Waals surface area contributed by atoms with E-state index in [-0.39, 0.29) is 12.1 Å². The largest absolute Gasteiger partial charge is 0.467 e. The number of esters is 1. The number of hydrogen-bond donors (Lipinski definition) is 2. The molecule has 98 valence electrons. The van der Waals surface area contributed by atoms with Crippen LogP contribution in [0.5, 0.6) is 0 Å². The maximum atomic E-state index is 13.3. The summed E-state index contributed by atoms with van der Waals surface area (Å²) < 4.78 is 18.1. The third-order valence-corrected chi connectivity index (χ3v) is 2.60. The molecule has 18 heavy (non-hydrogen) atoms. The lowest BCUT2D eigenvalue weighted by Gasteiger charge is -2.10. The Morgan fingerprint density at radius 1 is 1.56 bits per heavy atom. The van der Waals surface area contributed by atoms with Gasteiger partial charge < -0.3 is 15.2 Å². The van der Waals surface area contributed by atoms with E-state index in [1.54, 1.807) is 0 Å². The van der Waals surface area contributed by atoms with E-state index in [0.717, 1.165) is 13.2 Å². The number of amides is 1. The second-order valence-corrected chi connectivity index (χ2v) is 4.29. The van der Waals surface area contributed by atoms with Crippen molar-refractivity contribution in [2.45, 2.75) is 6.10 Å². The van der Waals surface area contributed by atoms with Crippen molar-refractivity contribution in [3.63, 3.8) is 0 Å². The number of nitrogens with one attached hydrogen (secondary N) is 1. The molecule has 1 amide bonds. The Bertz CT molecular complexity index is 466. The van der Waals surface area contributed by atoms with Crippen molar-refractivity contribution >= 4 is 27.8 Å². The lowest BCUT2D eigenvalue weighted by Crippen LogP contribution is -2.37. The minimum absolute atomic E-state index is 0.179. The predicted molar refractivity (Wildman–Crippen MR) is 64.5 cm³/mol. The van der Waals surface area contributed by atoms with Gasteiger partial charge in [0.05, 0.1) is 19.2 Å². The number of rotatable bonds is 4. The molecule has 0 saturated carbocycles. The molecule has 0 aliphatic heterocycles. The zero-order valence-electron chi connectivity index (χ0n) is 9.44. The highest BCUT2D eigenvalue weighted by Gasteiger charge is 2.18. The van der Waals surface area contributed by atoms with Gasteiger partial charge in [0.25, 0.3) is 5.91 Å². The van der Waals surface area contributed by atoms with Crippen LogP contribution in [0.25, 0.3) is 0 Å². The Kier molecular flexibility index (Phi) is 5.24. The minimum Gasteiger partial charge on any atom is -0.467 e. The molecular formula is C11H11BrFNO4. The maximum absolute atomic E-state index is 13.3. The summed E-state index contributed by atoms with van der Waals surface area (Å²) in [5, 5.41) is 11.5. The van der Waals surface area contributed by atoms with Crippen molar-refractivity contribution in [1.82, 2.24) is 5.32 Å². The zero-order chi connectivity index (χ0) is 13.7. The topological polar surface area (TPSA) is 75.6 Å². The molecule has 1 aromatic rings. The minimum atomic E-state index is -1.48. The molecule has 0 fully saturated rings. The fourth-order valence-electron chi connectivity index (χ4n) is 1.18. The van der Waals surface area contributed by atoms with Crippen LogP contribution < -0.4 is 5.32 Å². The van der Waals surface area contributed by atoms with E-state index >= 15 is 0 Å². The molecule has 0 bridgehead atoms. The van der Waals surface area contributed by atoms with Crippen LogP contribution in [-0.4, -0.2) is 36.7 Å². The van der Waals surface area contributed by atoms with Crippen molar-refractivity contribution in [3.05, 3.63) is 34.1 Å². The number of hydrogen-bond acceptors (Lipinski definition) is 4. The van der Waals surface area contributed by atoms with Gasteiger partial charge >= 0.3 is 5.97 Å². The number of carbonyl (C=O) groups excluding carboxylic acids is 2. The summed E-state index contributed by atoms with van der Waals surface area (Å²) in [5.41, 5.74) is -0.179. The molecule has 7 heteroatoms. The summed E-state index contributed by atoms with van der Waals surface area (Å²) in [6.07, 6.45) is -1.48. The van der Waals surface area contributed by atoms with Gasteiger partial charge in [-0.2, -0.15) is 0 Å². The van der Waals surface area contributed by atoms with E-state index in [9.17, 15) is 19.1 Å². The van der Waals surface area contributed by atoms with Crippen LogP contribution in [0.3, 0.4) is 0 Å². The van der Waals surface area contributed by atoms with Gasteiger partial charge in [0, 0.05) is 4.47 Å². The summed E-state index contributed by atoms with van der Waals surface area (Å²) in [4.78, 5) is 22.5. The number of methoxy groups -OCH3 is 1. The third-order valence-electron chi connectivity index (χ3n) is 2.10. The summed E-state index contributed by atoms with van der Waals surface area (Å²) in [7, 11) is 1.11. The molecule has 1 aromatic carbocycles. The molecule has 0 saturated heterocycles. The Balaban J connectivity index is 2.66. The molecule has 5 nitrogen and oxygen atoms in total. The van der Waals surface area contributed by atoms with Crippen LogP contribution in [0.15, 0.2) is 22.7 Å². The van der Waals surface area contributed by atoms with Crippen LogP contribution in [0.2, 0.25) is 0 Å². The molecule has 2 N–H and O–H groups in total. The van der Waals surface area contributed by atoms with Crippen molar-refractivity contribution in [1.29, 1.82) is 0 Å². The molecule has 0 heterocycles. The first-order valence-electron chi connectivity index (χ1n) is 4.95. The van der Waals surface area contributed by atoms with Gasteiger partial charge in [-0.3, -0.25) is 4.79 Å². The standard InChI is InChI=1S/C11H11BrFNO4/c1-18-11(17)9(15)5-14-10(16)7-4-6(12)2-3-8(7)13/h2-4,9,15H,5H2,1H3,(H,14,16). The SMILES string of the molecule is COC(=O)C(O)CNC(=O)c1cc(Br)ccc1F. The molecular weight excluding hydrogens is 309 g/mol. The summed E-state index contributed by atoms with van der Waals surface area (Å²) in [6.45, 7) is -0.350. The molecule has 0 aromatic heterocycles. The van der Waals surface area contributed by atoms with Gasteiger partial charge in [-0.25, -0.2) is 9.18 Å². The van der Waals surface area contributed by atoms with Gasteiger partial charge in [-0.1, -0.05) is 15.9 Å². The predicted octanol–water partition coefficient (Wildman–Crippen LogP) is 0.852. The zero-order valence-corrected chi connectivity index (χ0v) is 11.0. The van der Waals surface area contributed by atoms with Crippen LogP contribution in [0.1, 0.15) is 10.4 Å². The van der Waals surface area contributed by atoms with E-state index < -0.39 is 23.8 Å². The summed E-state index contributed by atoms with van der Waals surface area (Å²) in [5.74, 6) is -2.29. The molecule has 0 aliphatic rings. The lowest BCUT2D eigenvalue weighted by atomic mass is 10.2. The maximum Gasteiger partial charge on any atom is 0.336 e. The van der Waals surface area contributed by atoms with Gasteiger partial charge in [-0.15, -0.1) is 0 Å². The third kappa shape index (κ3) is 3.78. The second-order valence-electron chi connectivity index (χ2n) is 3.37. The number of aliphatic hydroxyl groups is 1. The molecule has 0 spiro atoms. The van der Waals surface area contributed by atoms with E-state index in [2.05, 4.69) is 26.0 Å². The monoisotopic (exact) mass is 319 g/mol. The highest BCUT2D eigenvalue weighted by Crippen LogP contribution is 2.15. The van der Waals surface area contributed by atoms with Crippen LogP contribution in [0.4, 0.5) is 4.39 Å². The number of ether oxygens (including phenoxy) is 1. The average Bonchev–Trinajstić information content (AvgIpc) is 2.37. The molecule has 1 rings (SSSR count). The first-order valence-corrected chi connectivity index (χ1v) is 5.74. The first kappa shape index (κ1) is 14.6. The average molecular weight is 320 g/mol. The van der Waals surface area contributed by atoms with Crippen molar-refractivity contribution in [2.24, 2.45) is 0 Å². The van der Waals surface area contributed by atoms with Crippen molar-refractivity contribution < 1.29 is 23.8 Å². The van der Waals surface area contributed by atoms with Gasteiger partial charge in [-0.05, 0) is 18.2 Å². The van der Waals surface area contributed by atoms with Crippen molar-refractivity contribution in [2.75, 3.05) is 13.7 Å². The number of halogens is 2. The van der Waals surface area contributed by atoms with Gasteiger partial charge in [0.1, 0.15) is 5.82 Å². The summed E-state index contributed by atoms with van der Waals surface area (Å²) >= 11 is 3.11. The van der Waals surface area contributed by atoms with Crippen LogP contribution in [-0.2, 0) is 9.53 Å². The Morgan fingerprint density at radius 3 is 2.83 bits per heavy atom. The van der Waals surface area contributed by atoms with E-state index in [4.69, 9.17) is 0 Å². The van der Waals surface area contributed by atoms with Gasteiger partial charge in [0.15, 0.2) is 6.10 Å². The fraction of sp³-hybridized carbons (Fsp3) is 0.273. The number of benzene rings is 1. The number of aliphatic hydroxyl groups excluding tert-OH is 1. The molecule has 0 aliphatic carbocycles. The normalized spacial score (nSPS) is 11.8. The lowest BCUT2D eigenvalue weighted by molar-refractivity contribution is -0.149. The van der Waals surface area contributed by atoms with E-state index in [1.807, 2.05) is 0 Å². The van der Waals surface area contributed by atoms with E-state index in [1.165, 1.54) is 12.1 Å². The fourth-order valence-corrected chi connectivity index (χ4v) is 1.54. The summed E-state index contributed by atoms with van der Waals surface area (Å²) in [6, 6.07) is 3.89. The molecule has 0 radical (unpaired) electrons. The smallest absolute Gasteiger partial charge is 0.336 e. The number of carbonyl (C=O) groups is 2. The highest BCUT2D eigenvalue weighted by molar-refractivity contribution is 9.10. The van der Waals surface area contributed by atoms with Gasteiger partial charge in [0.2, 0.25) is 0 Å². The molecule has 1 atom stereocenters. The first-order chi connectivity index (χ1) is 8.45. The quantitative estimate of drug-likeness (QED) is 0.807. The Hall–Kier alpha value is -1.47. The Morgan fingerprint density at radius 2 is 2.22 bits per heavy atom. The van der Waals surface area contributed by atoms with Crippen LogP contribution >= 0.6 is 15.9 Å². The second kappa shape index (κ2) is 6.46. The highest BCUT2D eigenvalue weighted by atomic mass is 79.9. The van der Waals surface area contributed by atoms with E-state index in [0.29, 0.717) is 4.47 Å². The van der Waals surface area contributed by atoms with Crippen molar-refractivity contribution in [3.8, 4) is 0 Å². The Labute approximate surface area is 111 Å². The van der Waals surface area contributed by atoms with Crippen LogP contribution in [0, 0.1) is 5.82 Å². The molecule has 1 unspecified atom stereocenters.